The predicted octanol–water partition coefficient (Wildman–Crippen LogP) is -13.8. The lowest BCUT2D eigenvalue weighted by molar-refractivity contribution is -0.396. The SMILES string of the molecule is CN(C)c1cccc2c(S(=O)(=O)NCCNCCNC[C@H]3O[C@@H]4O[C@H]5[C@H](O)[C@@H](O)[C@@H](O[C@H]6[C@H](O)[C@@H](O)[C@@H](O[C@H]7[C@@H](O)[C@@H](O)[C@@H](O[C@H]8[C@@H](O)[C@@H](O)[C@@H](O[C@H]9[C@H](O)[C@@H](O)[C@@H](O[C@H]%10[C@H](O)[C@@H](O)[C@@H](O[C@H]3[C@@H](O)[C@H]4O)O[C@@H]%10CO)O[C@@H]9CO)O[C@@H]8CO)O[C@@H]7CO)O[C@@H]6CO)O[C@@H]5CO)cccc12. The Morgan fingerprint density at radius 2 is 0.576 bits per heavy atom. The molecule has 0 aromatic heterocycles. The number of fused-ring (bicyclic) bond motifs is 1. The second-order valence-corrected chi connectivity index (χ2v) is 27.1. The zero-order valence-electron chi connectivity index (χ0n) is 53.3. The van der Waals surface area contributed by atoms with E-state index in [1.54, 1.807) is 18.2 Å². The van der Waals surface area contributed by atoms with E-state index in [1.165, 1.54) is 6.07 Å². The summed E-state index contributed by atoms with van der Waals surface area (Å²) < 4.78 is 111. The largest absolute Gasteiger partial charge is 0.394 e. The number of hydrogen-bond acceptors (Lipinski definition) is 39. The third kappa shape index (κ3) is 16.5. The van der Waals surface area contributed by atoms with Gasteiger partial charge in [0.15, 0.2) is 44.0 Å². The minimum Gasteiger partial charge on any atom is -0.394 e. The first-order valence-corrected chi connectivity index (χ1v) is 33.7. The molecule has 21 aliphatic rings. The van der Waals surface area contributed by atoms with Crippen LogP contribution in [0.3, 0.4) is 0 Å². The monoisotopic (exact) mass is 1450 g/mol. The summed E-state index contributed by atoms with van der Waals surface area (Å²) in [5, 5.41) is 232. The van der Waals surface area contributed by atoms with Crippen molar-refractivity contribution in [2.24, 2.45) is 0 Å². The molecule has 40 nitrogen and oxygen atoms in total. The average Bonchev–Trinajstić information content (AvgIpc) is 0.794. The van der Waals surface area contributed by atoms with Crippen LogP contribution in [0.1, 0.15) is 0 Å². The minimum atomic E-state index is -4.01. The van der Waals surface area contributed by atoms with Crippen LogP contribution >= 0.6 is 0 Å². The molecular weight excluding hydrogens is 1360 g/mol. The summed E-state index contributed by atoms with van der Waals surface area (Å²) >= 11 is 0. The van der Waals surface area contributed by atoms with Crippen LogP contribution in [0.4, 0.5) is 5.69 Å². The second-order valence-electron chi connectivity index (χ2n) is 25.3. The molecule has 0 radical (unpaired) electrons. The lowest BCUT2D eigenvalue weighted by Gasteiger charge is -2.50. The third-order valence-electron chi connectivity index (χ3n) is 18.7. The lowest BCUT2D eigenvalue weighted by atomic mass is 9.95. The average molecular weight is 1450 g/mol. The van der Waals surface area contributed by atoms with Crippen molar-refractivity contribution < 1.29 is 177 Å². The Bertz CT molecular complexity index is 2970. The van der Waals surface area contributed by atoms with Crippen molar-refractivity contribution in [1.29, 1.82) is 0 Å². The molecule has 0 unspecified atom stereocenters. The summed E-state index contributed by atoms with van der Waals surface area (Å²) in [6.45, 7) is -6.48. The Hall–Kier alpha value is -3.03. The van der Waals surface area contributed by atoms with E-state index in [0.29, 0.717) is 5.39 Å². The Kier molecular flexibility index (Phi) is 27.0. The molecule has 0 saturated carbocycles. The molecule has 99 heavy (non-hydrogen) atoms. The molecule has 566 valence electrons. The van der Waals surface area contributed by atoms with E-state index in [4.69, 9.17) is 66.3 Å². The summed E-state index contributed by atoms with van der Waals surface area (Å²) in [6, 6.07) is 10.3. The molecule has 14 bridgehead atoms. The van der Waals surface area contributed by atoms with Gasteiger partial charge in [0.2, 0.25) is 10.0 Å². The zero-order chi connectivity index (χ0) is 71.6. The smallest absolute Gasteiger partial charge is 0.241 e. The molecule has 0 aliphatic carbocycles. The van der Waals surface area contributed by atoms with Gasteiger partial charge in [0, 0.05) is 63.3 Å². The molecule has 0 amide bonds. The number of rotatable bonds is 17. The number of aliphatic hydroxyl groups is 20. The standard InChI is InChI=1S/C58H92N4O36S/c1-62(2)22-7-3-6-21-20(22)5-4-8-30(21)99(83,84)61-12-11-59-9-10-60-13-23-45-31(69)38(76)52(85-23)93-46-24(14-63)87-54(40(78)33(46)71)95-48-26(16-65)89-56(42(80)35(48)73)97-50-28(18-67)91-58(44(82)37(50)75)98-51-29(19-68)90-57(43(81)36(51)74)96-49-27(17-66)88-55(41(79)34(49)72)94-47-25(15-64)86-53(92-45)39(77)32(47)70/h3-8,23-29,31-61,63-82H,9-19H2,1-2H3/t23-,24-,25-,26-,27-,28-,29-,31+,32-,33-,34-,35-,36+,37+,38-,39-,40-,41-,42-,43-,44-,45-,46-,47-,48-,49-,50-,51-,52-,53-,54-,55-,56-,57-,58-/m1/s1. The van der Waals surface area contributed by atoms with Crippen LogP contribution in [0, 0.1) is 0 Å². The quantitative estimate of drug-likeness (QED) is 0.0654. The van der Waals surface area contributed by atoms with Crippen LogP contribution in [-0.4, -0.2) is 412 Å². The molecule has 21 heterocycles. The predicted molar refractivity (Wildman–Crippen MR) is 321 cm³/mol. The van der Waals surface area contributed by atoms with E-state index in [0.717, 1.165) is 11.1 Å². The minimum absolute atomic E-state index is 0.0591. The van der Waals surface area contributed by atoms with Crippen LogP contribution in [0.5, 0.6) is 0 Å². The highest BCUT2D eigenvalue weighted by Gasteiger charge is 2.60. The second kappa shape index (κ2) is 34.0. The van der Waals surface area contributed by atoms with E-state index in [9.17, 15) is 111 Å². The number of ether oxygens (including phenoxy) is 14. The van der Waals surface area contributed by atoms with Crippen molar-refractivity contribution in [2.45, 2.75) is 220 Å². The van der Waals surface area contributed by atoms with Gasteiger partial charge in [-0.2, -0.15) is 0 Å². The molecule has 23 N–H and O–H groups in total. The topological polar surface area (TPSA) is 607 Å². The molecule has 23 rings (SSSR count). The van der Waals surface area contributed by atoms with E-state index in [2.05, 4.69) is 15.4 Å². The maximum atomic E-state index is 13.6. The van der Waals surface area contributed by atoms with Crippen LogP contribution < -0.4 is 20.3 Å². The Labute approximate surface area is 564 Å². The number of sulfonamides is 1. The molecule has 2 aromatic carbocycles. The first-order valence-electron chi connectivity index (χ1n) is 32.2. The van der Waals surface area contributed by atoms with E-state index in [1.807, 2.05) is 31.1 Å². The Balaban J connectivity index is 0.887. The molecule has 0 spiro atoms. The maximum Gasteiger partial charge on any atom is 0.241 e. The van der Waals surface area contributed by atoms with Gasteiger partial charge < -0.3 is 184 Å². The van der Waals surface area contributed by atoms with Crippen LogP contribution in [0.15, 0.2) is 41.3 Å². The van der Waals surface area contributed by atoms with Gasteiger partial charge in [0.05, 0.1) is 44.5 Å². The van der Waals surface area contributed by atoms with Gasteiger partial charge in [0.25, 0.3) is 0 Å². The van der Waals surface area contributed by atoms with Gasteiger partial charge in [-0.1, -0.05) is 24.3 Å². The molecule has 21 saturated heterocycles. The summed E-state index contributed by atoms with van der Waals surface area (Å²) in [7, 11) is -0.342. The van der Waals surface area contributed by atoms with Crippen LogP contribution in [0.2, 0.25) is 0 Å². The number of benzene rings is 2. The number of aliphatic hydroxyl groups excluding tert-OH is 20. The summed E-state index contributed by atoms with van der Waals surface area (Å²) in [5.74, 6) is 0. The number of anilines is 1. The molecule has 35 atom stereocenters. The zero-order valence-corrected chi connectivity index (χ0v) is 54.1. The molecule has 21 fully saturated rings. The number of nitrogens with one attached hydrogen (secondary N) is 3. The Morgan fingerprint density at radius 1 is 0.323 bits per heavy atom. The van der Waals surface area contributed by atoms with Gasteiger partial charge in [-0.15, -0.1) is 0 Å². The highest BCUT2D eigenvalue weighted by atomic mass is 32.2. The highest BCUT2D eigenvalue weighted by molar-refractivity contribution is 7.89. The normalized spacial score (nSPS) is 45.9. The number of nitrogens with zero attached hydrogens (tertiary/aromatic N) is 1. The van der Waals surface area contributed by atoms with E-state index >= 15 is 0 Å². The van der Waals surface area contributed by atoms with Gasteiger partial charge in [-0.05, 0) is 12.1 Å². The van der Waals surface area contributed by atoms with Crippen molar-refractivity contribution >= 4 is 26.5 Å². The summed E-state index contributed by atoms with van der Waals surface area (Å²) in [4.78, 5) is 1.93. The van der Waals surface area contributed by atoms with E-state index < -0.39 is 265 Å². The summed E-state index contributed by atoms with van der Waals surface area (Å²) in [6.07, 6.45) is -70.8. The summed E-state index contributed by atoms with van der Waals surface area (Å²) in [5.41, 5.74) is 0.811. The maximum absolute atomic E-state index is 13.6. The first-order chi connectivity index (χ1) is 47.2. The van der Waals surface area contributed by atoms with E-state index in [-0.39, 0.29) is 37.6 Å². The van der Waals surface area contributed by atoms with Crippen molar-refractivity contribution in [1.82, 2.24) is 15.4 Å². The van der Waals surface area contributed by atoms with Crippen LogP contribution in [-0.2, 0) is 76.3 Å². The van der Waals surface area contributed by atoms with Gasteiger partial charge >= 0.3 is 0 Å². The third-order valence-corrected chi connectivity index (χ3v) is 20.2. The molecule has 41 heteroatoms. The van der Waals surface area contributed by atoms with Crippen molar-refractivity contribution in [3.05, 3.63) is 36.4 Å². The van der Waals surface area contributed by atoms with Crippen molar-refractivity contribution in [3.8, 4) is 0 Å². The highest BCUT2D eigenvalue weighted by Crippen LogP contribution is 2.40. The molecular formula is C58H92N4O36S. The molecule has 21 aliphatic heterocycles. The van der Waals surface area contributed by atoms with Crippen LogP contribution in [0.25, 0.3) is 10.8 Å². The molecule has 2 aromatic rings. The number of hydrogen-bond donors (Lipinski definition) is 23. The fourth-order valence-electron chi connectivity index (χ4n) is 13.2. The van der Waals surface area contributed by atoms with Gasteiger partial charge in [0.1, 0.15) is 171 Å². The van der Waals surface area contributed by atoms with Gasteiger partial charge in [-0.3, -0.25) is 0 Å². The first kappa shape index (κ1) is 78.6. The van der Waals surface area contributed by atoms with Crippen molar-refractivity contribution in [3.63, 3.8) is 0 Å². The fraction of sp³-hybridized carbons (Fsp3) is 0.828. The van der Waals surface area contributed by atoms with Gasteiger partial charge in [-0.25, -0.2) is 13.1 Å². The lowest BCUT2D eigenvalue weighted by Crippen LogP contribution is -2.68. The Morgan fingerprint density at radius 3 is 0.869 bits per heavy atom. The fourth-order valence-corrected chi connectivity index (χ4v) is 14.5. The van der Waals surface area contributed by atoms with Crippen molar-refractivity contribution in [2.75, 3.05) is 91.4 Å².